The smallest absolute Gasteiger partial charge is 0.263 e. The summed E-state index contributed by atoms with van der Waals surface area (Å²) in [5.74, 6) is 1.28. The third kappa shape index (κ3) is 4.32. The predicted molar refractivity (Wildman–Crippen MR) is 93.8 cm³/mol. The highest BCUT2D eigenvalue weighted by Gasteiger charge is 2.23. The van der Waals surface area contributed by atoms with Crippen molar-refractivity contribution in [3.63, 3.8) is 0 Å². The second-order valence-corrected chi connectivity index (χ2v) is 7.17. The van der Waals surface area contributed by atoms with E-state index in [1.54, 1.807) is 12.1 Å². The molecule has 1 fully saturated rings. The van der Waals surface area contributed by atoms with E-state index in [0.717, 1.165) is 25.9 Å². The Morgan fingerprint density at radius 1 is 1.12 bits per heavy atom. The van der Waals surface area contributed by atoms with Crippen LogP contribution in [0.3, 0.4) is 0 Å². The van der Waals surface area contributed by atoms with E-state index in [2.05, 4.69) is 15.1 Å². The highest BCUT2D eigenvalue weighted by molar-refractivity contribution is 7.15. The molecule has 7 nitrogen and oxygen atoms in total. The SMILES string of the molecule is CCc1nnc(CN2CCCN(C(=O)c3ccc(C(C)=O)s3)CC2)o1. The van der Waals surface area contributed by atoms with Gasteiger partial charge in [-0.1, -0.05) is 6.92 Å². The topological polar surface area (TPSA) is 79.5 Å². The van der Waals surface area contributed by atoms with Crippen LogP contribution in [0.15, 0.2) is 16.5 Å². The maximum atomic E-state index is 12.7. The third-order valence-electron chi connectivity index (χ3n) is 4.21. The van der Waals surface area contributed by atoms with Crippen molar-refractivity contribution in [2.45, 2.75) is 33.2 Å². The maximum Gasteiger partial charge on any atom is 0.263 e. The highest BCUT2D eigenvalue weighted by Crippen LogP contribution is 2.20. The molecule has 25 heavy (non-hydrogen) atoms. The summed E-state index contributed by atoms with van der Waals surface area (Å²) in [6.45, 7) is 7.13. The van der Waals surface area contributed by atoms with Crippen molar-refractivity contribution < 1.29 is 14.0 Å². The van der Waals surface area contributed by atoms with E-state index in [1.807, 2.05) is 11.8 Å². The number of aromatic nitrogens is 2. The summed E-state index contributed by atoms with van der Waals surface area (Å²) in [5.41, 5.74) is 0. The minimum atomic E-state index is -0.00269. The van der Waals surface area contributed by atoms with Gasteiger partial charge in [0.25, 0.3) is 5.91 Å². The second-order valence-electron chi connectivity index (χ2n) is 6.09. The molecule has 1 saturated heterocycles. The molecule has 0 aliphatic carbocycles. The zero-order valence-corrected chi connectivity index (χ0v) is 15.3. The molecule has 1 amide bonds. The Labute approximate surface area is 150 Å². The summed E-state index contributed by atoms with van der Waals surface area (Å²) < 4.78 is 5.57. The van der Waals surface area contributed by atoms with Crippen molar-refractivity contribution in [1.29, 1.82) is 0 Å². The van der Waals surface area contributed by atoms with E-state index < -0.39 is 0 Å². The van der Waals surface area contributed by atoms with Gasteiger partial charge in [0.05, 0.1) is 16.3 Å². The number of aryl methyl sites for hydroxylation is 1. The first-order valence-corrected chi connectivity index (χ1v) is 9.32. The summed E-state index contributed by atoms with van der Waals surface area (Å²) in [7, 11) is 0. The summed E-state index contributed by atoms with van der Waals surface area (Å²) >= 11 is 1.27. The Bertz CT molecular complexity index is 755. The van der Waals surface area contributed by atoms with Crippen LogP contribution in [0.25, 0.3) is 0 Å². The van der Waals surface area contributed by atoms with Gasteiger partial charge in [0.2, 0.25) is 11.8 Å². The highest BCUT2D eigenvalue weighted by atomic mass is 32.1. The molecule has 1 aliphatic rings. The normalized spacial score (nSPS) is 16.0. The fourth-order valence-electron chi connectivity index (χ4n) is 2.82. The standard InChI is InChI=1S/C17H22N4O3S/c1-3-15-18-19-16(24-15)11-20-7-4-8-21(10-9-20)17(23)14-6-5-13(25-14)12(2)22/h5-6H,3-4,7-11H2,1-2H3. The minimum Gasteiger partial charge on any atom is -0.424 e. The van der Waals surface area contributed by atoms with Crippen molar-refractivity contribution in [1.82, 2.24) is 20.0 Å². The van der Waals surface area contributed by atoms with Crippen LogP contribution in [-0.4, -0.2) is 57.9 Å². The van der Waals surface area contributed by atoms with Gasteiger partial charge in [-0.05, 0) is 25.5 Å². The van der Waals surface area contributed by atoms with Crippen LogP contribution in [0.4, 0.5) is 0 Å². The lowest BCUT2D eigenvalue weighted by atomic mass is 10.3. The van der Waals surface area contributed by atoms with E-state index in [0.29, 0.717) is 41.2 Å². The molecular formula is C17H22N4O3S. The zero-order chi connectivity index (χ0) is 17.8. The lowest BCUT2D eigenvalue weighted by Crippen LogP contribution is -2.34. The van der Waals surface area contributed by atoms with Gasteiger partial charge in [-0.2, -0.15) is 0 Å². The first kappa shape index (κ1) is 17.8. The average Bonchev–Trinajstić information content (AvgIpc) is 3.20. The number of hydrogen-bond acceptors (Lipinski definition) is 7. The molecule has 0 unspecified atom stereocenters. The maximum absolute atomic E-state index is 12.7. The van der Waals surface area contributed by atoms with Crippen LogP contribution in [0.2, 0.25) is 0 Å². The first-order valence-electron chi connectivity index (χ1n) is 8.50. The van der Waals surface area contributed by atoms with E-state index in [1.165, 1.54) is 18.3 Å². The molecule has 0 radical (unpaired) electrons. The van der Waals surface area contributed by atoms with Crippen molar-refractivity contribution in [2.75, 3.05) is 26.2 Å². The Morgan fingerprint density at radius 3 is 2.56 bits per heavy atom. The Kier molecular flexibility index (Phi) is 5.60. The van der Waals surface area contributed by atoms with E-state index >= 15 is 0 Å². The fraction of sp³-hybridized carbons (Fsp3) is 0.529. The molecule has 1 aliphatic heterocycles. The predicted octanol–water partition coefficient (Wildman–Crippen LogP) is 2.24. The molecule has 8 heteroatoms. The first-order chi connectivity index (χ1) is 12.1. The van der Waals surface area contributed by atoms with Gasteiger partial charge in [0.1, 0.15) is 0 Å². The summed E-state index contributed by atoms with van der Waals surface area (Å²) in [6.07, 6.45) is 1.63. The second kappa shape index (κ2) is 7.88. The van der Waals surface area contributed by atoms with Gasteiger partial charge in [-0.3, -0.25) is 14.5 Å². The monoisotopic (exact) mass is 362 g/mol. The number of carbonyl (C=O) groups excluding carboxylic acids is 2. The number of amides is 1. The Hall–Kier alpha value is -2.06. The van der Waals surface area contributed by atoms with Crippen LogP contribution in [0, 0.1) is 0 Å². The molecule has 2 aromatic rings. The molecule has 0 saturated carbocycles. The van der Waals surface area contributed by atoms with Gasteiger partial charge in [-0.15, -0.1) is 21.5 Å². The van der Waals surface area contributed by atoms with E-state index in [-0.39, 0.29) is 11.7 Å². The van der Waals surface area contributed by atoms with Crippen molar-refractivity contribution in [3.8, 4) is 0 Å². The van der Waals surface area contributed by atoms with E-state index in [4.69, 9.17) is 4.42 Å². The minimum absolute atomic E-state index is 0.00269. The molecule has 0 bridgehead atoms. The van der Waals surface area contributed by atoms with Gasteiger partial charge < -0.3 is 9.32 Å². The lowest BCUT2D eigenvalue weighted by molar-refractivity contribution is 0.0765. The molecule has 0 spiro atoms. The number of thiophene rings is 1. The molecule has 2 aromatic heterocycles. The van der Waals surface area contributed by atoms with Crippen LogP contribution in [0.5, 0.6) is 0 Å². The summed E-state index contributed by atoms with van der Waals surface area (Å²) in [5, 5.41) is 8.05. The van der Waals surface area contributed by atoms with Gasteiger partial charge in [-0.25, -0.2) is 0 Å². The van der Waals surface area contributed by atoms with Crippen molar-refractivity contribution in [3.05, 3.63) is 33.7 Å². The van der Waals surface area contributed by atoms with Crippen molar-refractivity contribution >= 4 is 23.0 Å². The quantitative estimate of drug-likeness (QED) is 0.759. The number of hydrogen-bond donors (Lipinski definition) is 0. The van der Waals surface area contributed by atoms with Crippen LogP contribution >= 0.6 is 11.3 Å². The van der Waals surface area contributed by atoms with Gasteiger partial charge in [0, 0.05) is 32.6 Å². The molecule has 3 rings (SSSR count). The summed E-state index contributed by atoms with van der Waals surface area (Å²) in [6, 6.07) is 3.47. The number of carbonyl (C=O) groups is 2. The van der Waals surface area contributed by atoms with Crippen LogP contribution in [0.1, 0.15) is 51.4 Å². The van der Waals surface area contributed by atoms with Crippen molar-refractivity contribution in [2.24, 2.45) is 0 Å². The van der Waals surface area contributed by atoms with E-state index in [9.17, 15) is 9.59 Å². The number of Topliss-reactive ketones (excluding diaryl/α,β-unsaturated/α-hetero) is 1. The fourth-order valence-corrected chi connectivity index (χ4v) is 3.69. The molecule has 134 valence electrons. The zero-order valence-electron chi connectivity index (χ0n) is 14.5. The molecule has 0 N–H and O–H groups in total. The molecule has 3 heterocycles. The Morgan fingerprint density at radius 2 is 1.88 bits per heavy atom. The molecular weight excluding hydrogens is 340 g/mol. The van der Waals surface area contributed by atoms with Crippen LogP contribution in [-0.2, 0) is 13.0 Å². The van der Waals surface area contributed by atoms with Gasteiger partial charge >= 0.3 is 0 Å². The van der Waals surface area contributed by atoms with Gasteiger partial charge in [0.15, 0.2) is 5.78 Å². The Balaban J connectivity index is 1.58. The van der Waals surface area contributed by atoms with Crippen LogP contribution < -0.4 is 0 Å². The number of rotatable bonds is 5. The largest absolute Gasteiger partial charge is 0.424 e. The average molecular weight is 362 g/mol. The lowest BCUT2D eigenvalue weighted by Gasteiger charge is -2.20. The number of nitrogens with zero attached hydrogens (tertiary/aromatic N) is 4. The number of ketones is 1. The molecule has 0 atom stereocenters. The third-order valence-corrected chi connectivity index (χ3v) is 5.38. The summed E-state index contributed by atoms with van der Waals surface area (Å²) in [4.78, 5) is 29.4. The molecule has 0 aromatic carbocycles.